The average Bonchev–Trinajstić information content (AvgIpc) is 3.91. The Morgan fingerprint density at radius 1 is 0.814 bits per heavy atom. The molecule has 0 spiro atoms. The highest BCUT2D eigenvalue weighted by Crippen LogP contribution is 2.55. The fraction of sp³-hybridized carbons (Fsp3) is 0.291. The molecule has 0 radical (unpaired) electrons. The molecule has 0 saturated carbocycles. The van der Waals surface area contributed by atoms with Crippen LogP contribution in [-0.2, 0) is 23.0 Å². The fourth-order valence-corrected chi connectivity index (χ4v) is 11.8. The van der Waals surface area contributed by atoms with E-state index < -0.39 is 0 Å². The van der Waals surface area contributed by atoms with Crippen molar-refractivity contribution in [3.63, 3.8) is 0 Å². The van der Waals surface area contributed by atoms with E-state index >= 15 is 0 Å². The van der Waals surface area contributed by atoms with Crippen LogP contribution in [-0.4, -0.2) is 28.7 Å². The van der Waals surface area contributed by atoms with Crippen LogP contribution in [0.15, 0.2) is 167 Å². The van der Waals surface area contributed by atoms with Crippen molar-refractivity contribution < 1.29 is 4.74 Å². The molecule has 2 aliphatic heterocycles. The van der Waals surface area contributed by atoms with Crippen molar-refractivity contribution in [1.82, 2.24) is 9.88 Å². The predicted octanol–water partition coefficient (Wildman–Crippen LogP) is 11.4. The lowest BCUT2D eigenvalue weighted by Crippen LogP contribution is -2.34. The summed E-state index contributed by atoms with van der Waals surface area (Å²) in [7, 11) is 0. The zero-order valence-corrected chi connectivity index (χ0v) is 34.0. The van der Waals surface area contributed by atoms with Crippen LogP contribution in [0.4, 0.5) is 0 Å². The molecule has 9 aliphatic rings. The molecule has 292 valence electrons. The zero-order valence-electron chi connectivity index (χ0n) is 34.0. The molecule has 4 heteroatoms. The van der Waals surface area contributed by atoms with Gasteiger partial charge in [-0.05, 0) is 124 Å². The third-order valence-corrected chi connectivity index (χ3v) is 14.8. The molecular weight excluding hydrogens is 719 g/mol. The maximum atomic E-state index is 6.77. The lowest BCUT2D eigenvalue weighted by Gasteiger charge is -2.33. The Kier molecular flexibility index (Phi) is 8.17. The molecule has 3 heterocycles. The Morgan fingerprint density at radius 3 is 2.59 bits per heavy atom. The number of rotatable bonds is 5. The highest BCUT2D eigenvalue weighted by Gasteiger charge is 2.47. The summed E-state index contributed by atoms with van der Waals surface area (Å²) in [5.74, 6) is 1.76. The summed E-state index contributed by atoms with van der Waals surface area (Å²) in [6.45, 7) is 4.92. The standard InChI is InChI=1S/C55H51N3O/c1-55(2)46-31-37(54-56-48(34-14-5-3-6-15-34)33-49(57-54)35-16-7-4-8-17-35)24-27-40(46)41-28-26-38(32-47(41)55)58-50-22-11-9-18-42(50)45-30-36(25-29-51(45)58)39-20-13-21-44-43-19-10-12-23-52(43)59-53(39)44/h3,5-7,10-17,19-29,31-33,36,39-40,43,46,52-54,56H,4,8-9,18,30H2,1-2H3. The van der Waals surface area contributed by atoms with E-state index in [9.17, 15) is 0 Å². The van der Waals surface area contributed by atoms with Crippen LogP contribution in [0.5, 0.6) is 0 Å². The van der Waals surface area contributed by atoms with E-state index in [2.05, 4.69) is 182 Å². The minimum Gasteiger partial charge on any atom is -0.365 e. The third kappa shape index (κ3) is 5.63. The Hall–Kier alpha value is -5.71. The van der Waals surface area contributed by atoms with E-state index in [4.69, 9.17) is 9.73 Å². The van der Waals surface area contributed by atoms with Crippen LogP contribution < -0.4 is 5.32 Å². The molecule has 1 saturated heterocycles. The predicted molar refractivity (Wildman–Crippen MR) is 242 cm³/mol. The van der Waals surface area contributed by atoms with Gasteiger partial charge in [0.2, 0.25) is 0 Å². The summed E-state index contributed by atoms with van der Waals surface area (Å²) < 4.78 is 9.35. The molecular formula is C55H51N3O. The van der Waals surface area contributed by atoms with Gasteiger partial charge in [-0.2, -0.15) is 0 Å². The van der Waals surface area contributed by atoms with Gasteiger partial charge in [-0.15, -0.1) is 0 Å². The summed E-state index contributed by atoms with van der Waals surface area (Å²) in [5.41, 5.74) is 17.2. The van der Waals surface area contributed by atoms with E-state index in [1.807, 2.05) is 0 Å². The molecule has 1 fully saturated rings. The SMILES string of the molecule is CC1(C)c2cc(-n3c4c(c5c3C=CC(C3C=CC=C6C7C=CC=CC7OC63)C5)CCC=C4)ccc2C2C=CC(C3N=C(C4=CCCC=C4)C=C(c4ccccc4)N3)=CC21. The first-order valence-electron chi connectivity index (χ1n) is 22.0. The quantitative estimate of drug-likeness (QED) is 0.281. The van der Waals surface area contributed by atoms with Gasteiger partial charge in [0.25, 0.3) is 0 Å². The van der Waals surface area contributed by atoms with Crippen LogP contribution in [0, 0.1) is 23.7 Å². The lowest BCUT2D eigenvalue weighted by atomic mass is 9.73. The number of nitrogens with one attached hydrogen (secondary N) is 1. The number of aromatic nitrogens is 1. The van der Waals surface area contributed by atoms with Gasteiger partial charge >= 0.3 is 0 Å². The van der Waals surface area contributed by atoms with Crippen molar-refractivity contribution in [2.24, 2.45) is 28.7 Å². The van der Waals surface area contributed by atoms with E-state index in [1.54, 1.807) is 0 Å². The van der Waals surface area contributed by atoms with Gasteiger partial charge in [-0.1, -0.05) is 141 Å². The minimum absolute atomic E-state index is 0.0641. The molecule has 59 heavy (non-hydrogen) atoms. The van der Waals surface area contributed by atoms with Crippen LogP contribution >= 0.6 is 0 Å². The number of hydrogen-bond acceptors (Lipinski definition) is 3. The highest BCUT2D eigenvalue weighted by molar-refractivity contribution is 6.14. The Labute approximate surface area is 348 Å². The molecule has 8 unspecified atom stereocenters. The molecule has 0 bridgehead atoms. The molecule has 4 nitrogen and oxygen atoms in total. The van der Waals surface area contributed by atoms with Crippen LogP contribution in [0.3, 0.4) is 0 Å². The second-order valence-corrected chi connectivity index (χ2v) is 18.4. The number of hydrogen-bond donors (Lipinski definition) is 1. The van der Waals surface area contributed by atoms with E-state index in [0.29, 0.717) is 29.6 Å². The molecule has 7 aliphatic carbocycles. The number of ether oxygens (including phenoxy) is 1. The third-order valence-electron chi connectivity index (χ3n) is 14.8. The zero-order chi connectivity index (χ0) is 39.2. The van der Waals surface area contributed by atoms with Gasteiger partial charge in [0.1, 0.15) is 6.17 Å². The topological polar surface area (TPSA) is 38.5 Å². The first-order chi connectivity index (χ1) is 29.0. The van der Waals surface area contributed by atoms with Crippen molar-refractivity contribution >= 4 is 23.6 Å². The summed E-state index contributed by atoms with van der Waals surface area (Å²) in [5, 5.41) is 3.84. The number of allylic oxidation sites excluding steroid dienone is 13. The lowest BCUT2D eigenvalue weighted by molar-refractivity contribution is 0.0385. The molecule has 3 aromatic rings. The van der Waals surface area contributed by atoms with E-state index in [-0.39, 0.29) is 23.8 Å². The molecule has 8 atom stereocenters. The first kappa shape index (κ1) is 35.3. The van der Waals surface area contributed by atoms with Crippen molar-refractivity contribution in [2.75, 3.05) is 0 Å². The Bertz CT molecular complexity index is 2660. The van der Waals surface area contributed by atoms with Gasteiger partial charge in [0, 0.05) is 40.5 Å². The fourth-order valence-electron chi connectivity index (χ4n) is 11.8. The molecule has 12 rings (SSSR count). The second-order valence-electron chi connectivity index (χ2n) is 18.4. The number of nitrogens with zero attached hydrogens (tertiary/aromatic N) is 2. The van der Waals surface area contributed by atoms with Gasteiger partial charge < -0.3 is 14.6 Å². The molecule has 0 amide bonds. The average molecular weight is 770 g/mol. The normalized spacial score (nSPS) is 31.1. The van der Waals surface area contributed by atoms with Gasteiger partial charge in [0.15, 0.2) is 0 Å². The summed E-state index contributed by atoms with van der Waals surface area (Å²) in [4.78, 5) is 5.37. The van der Waals surface area contributed by atoms with Crippen LogP contribution in [0.1, 0.15) is 78.2 Å². The number of fused-ring (bicyclic) bond motifs is 9. The van der Waals surface area contributed by atoms with Crippen LogP contribution in [0.25, 0.3) is 23.5 Å². The summed E-state index contributed by atoms with van der Waals surface area (Å²) in [6.07, 6.45) is 47.6. The van der Waals surface area contributed by atoms with Crippen molar-refractivity contribution in [3.05, 3.63) is 202 Å². The van der Waals surface area contributed by atoms with Crippen molar-refractivity contribution in [1.29, 1.82) is 0 Å². The highest BCUT2D eigenvalue weighted by atomic mass is 16.5. The maximum Gasteiger partial charge on any atom is 0.145 e. The summed E-state index contributed by atoms with van der Waals surface area (Å²) >= 11 is 0. The first-order valence-corrected chi connectivity index (χ1v) is 22.0. The molecule has 1 N–H and O–H groups in total. The second kappa shape index (κ2) is 13.7. The van der Waals surface area contributed by atoms with Crippen LogP contribution in [0.2, 0.25) is 0 Å². The number of benzene rings is 2. The minimum atomic E-state index is -0.154. The Balaban J connectivity index is 0.865. The van der Waals surface area contributed by atoms with Crippen molar-refractivity contribution in [3.8, 4) is 5.69 Å². The van der Waals surface area contributed by atoms with Gasteiger partial charge in [-0.25, -0.2) is 0 Å². The molecule has 2 aromatic carbocycles. The largest absolute Gasteiger partial charge is 0.365 e. The maximum absolute atomic E-state index is 6.77. The van der Waals surface area contributed by atoms with E-state index in [0.717, 1.165) is 43.5 Å². The summed E-state index contributed by atoms with van der Waals surface area (Å²) in [6, 6.07) is 18.1. The Morgan fingerprint density at radius 2 is 1.69 bits per heavy atom. The van der Waals surface area contributed by atoms with Gasteiger partial charge in [0.05, 0.1) is 17.9 Å². The van der Waals surface area contributed by atoms with Crippen molar-refractivity contribution in [2.45, 2.75) is 75.7 Å². The monoisotopic (exact) mass is 769 g/mol. The smallest absolute Gasteiger partial charge is 0.145 e. The molecule has 1 aromatic heterocycles. The van der Waals surface area contributed by atoms with E-state index in [1.165, 1.54) is 61.6 Å². The van der Waals surface area contributed by atoms with Gasteiger partial charge in [-0.3, -0.25) is 4.99 Å². The number of aliphatic imine (C=N–C) groups is 1.